The van der Waals surface area contributed by atoms with Gasteiger partial charge >= 0.3 is 0 Å². The Labute approximate surface area is 186 Å². The van der Waals surface area contributed by atoms with Crippen molar-refractivity contribution in [3.8, 4) is 18.0 Å². The van der Waals surface area contributed by atoms with Gasteiger partial charge in [0, 0.05) is 12.4 Å². The summed E-state index contributed by atoms with van der Waals surface area (Å²) < 4.78 is 8.26. The summed E-state index contributed by atoms with van der Waals surface area (Å²) in [6.45, 7) is 1.70. The highest BCUT2D eigenvalue weighted by molar-refractivity contribution is 6.04. The fourth-order valence-electron chi connectivity index (χ4n) is 3.68. The van der Waals surface area contributed by atoms with Gasteiger partial charge in [0.2, 0.25) is 5.71 Å². The number of furan rings is 1. The van der Waals surface area contributed by atoms with Gasteiger partial charge < -0.3 is 15.5 Å². The molecular formula is C23H17N7O3. The van der Waals surface area contributed by atoms with Crippen molar-refractivity contribution < 1.29 is 9.21 Å². The van der Waals surface area contributed by atoms with E-state index in [1.165, 1.54) is 15.3 Å². The molecule has 10 nitrogen and oxygen atoms in total. The van der Waals surface area contributed by atoms with E-state index in [9.17, 15) is 9.59 Å². The number of amides is 1. The van der Waals surface area contributed by atoms with E-state index >= 15 is 0 Å². The third-order valence-electron chi connectivity index (χ3n) is 5.19. The van der Waals surface area contributed by atoms with Gasteiger partial charge in [0.15, 0.2) is 11.5 Å². The highest BCUT2D eigenvalue weighted by Gasteiger charge is 2.25. The predicted molar refractivity (Wildman–Crippen MR) is 121 cm³/mol. The lowest BCUT2D eigenvalue weighted by Gasteiger charge is -2.18. The molecule has 0 saturated carbocycles. The lowest BCUT2D eigenvalue weighted by Crippen LogP contribution is -2.33. The SMILES string of the molecule is C#Cc1coc2nc(C(C)NC(=O)c3c(N)nn4cccnc34)n(-c3ccccc3)c(=O)c12. The molecule has 3 N–H and O–H groups in total. The van der Waals surface area contributed by atoms with Crippen LogP contribution < -0.4 is 16.6 Å². The minimum Gasteiger partial charge on any atom is -0.445 e. The Bertz CT molecular complexity index is 1620. The lowest BCUT2D eigenvalue weighted by molar-refractivity contribution is 0.0940. The molecule has 1 amide bonds. The topological polar surface area (TPSA) is 133 Å². The fraction of sp³-hybridized carbons (Fsp3) is 0.0870. The number of carbonyl (C=O) groups excluding carboxylic acids is 1. The summed E-state index contributed by atoms with van der Waals surface area (Å²) in [6.07, 6.45) is 10.0. The van der Waals surface area contributed by atoms with Gasteiger partial charge in [-0.15, -0.1) is 11.5 Å². The van der Waals surface area contributed by atoms with Gasteiger partial charge in [-0.05, 0) is 25.1 Å². The average molecular weight is 439 g/mol. The van der Waals surface area contributed by atoms with Crippen molar-refractivity contribution in [2.75, 3.05) is 5.73 Å². The minimum absolute atomic E-state index is 0.0342. The maximum Gasteiger partial charge on any atom is 0.270 e. The number of nitrogens with one attached hydrogen (secondary N) is 1. The largest absolute Gasteiger partial charge is 0.445 e. The van der Waals surface area contributed by atoms with Crippen molar-refractivity contribution in [1.82, 2.24) is 29.5 Å². The summed E-state index contributed by atoms with van der Waals surface area (Å²) in [5.41, 5.74) is 6.97. The minimum atomic E-state index is -0.716. The van der Waals surface area contributed by atoms with Gasteiger partial charge in [0.05, 0.1) is 17.3 Å². The molecule has 5 aromatic rings. The van der Waals surface area contributed by atoms with Crippen LogP contribution in [0.3, 0.4) is 0 Å². The van der Waals surface area contributed by atoms with Crippen LogP contribution in [0.15, 0.2) is 64.3 Å². The van der Waals surface area contributed by atoms with Crippen LogP contribution in [-0.2, 0) is 0 Å². The van der Waals surface area contributed by atoms with E-state index in [1.807, 2.05) is 6.07 Å². The molecule has 4 heterocycles. The number of hydrogen-bond acceptors (Lipinski definition) is 7. The van der Waals surface area contributed by atoms with Gasteiger partial charge in [0.1, 0.15) is 23.0 Å². The Kier molecular flexibility index (Phi) is 4.64. The van der Waals surface area contributed by atoms with Crippen LogP contribution in [0.5, 0.6) is 0 Å². The van der Waals surface area contributed by atoms with E-state index in [2.05, 4.69) is 26.3 Å². The number of benzene rings is 1. The second-order valence-electron chi connectivity index (χ2n) is 7.26. The molecule has 1 unspecified atom stereocenters. The molecule has 0 aliphatic carbocycles. The summed E-state index contributed by atoms with van der Waals surface area (Å²) in [6, 6.07) is 9.90. The lowest BCUT2D eigenvalue weighted by atomic mass is 10.2. The van der Waals surface area contributed by atoms with Crippen LogP contribution in [-0.4, -0.2) is 30.1 Å². The zero-order chi connectivity index (χ0) is 23.1. The Morgan fingerprint density at radius 2 is 2.06 bits per heavy atom. The van der Waals surface area contributed by atoms with Crippen molar-refractivity contribution in [2.45, 2.75) is 13.0 Å². The second kappa shape index (κ2) is 7.65. The maximum absolute atomic E-state index is 13.4. The molecule has 0 aliphatic rings. The highest BCUT2D eigenvalue weighted by Crippen LogP contribution is 2.22. The van der Waals surface area contributed by atoms with Crippen LogP contribution in [0.4, 0.5) is 5.82 Å². The van der Waals surface area contributed by atoms with Crippen LogP contribution in [0.1, 0.15) is 34.7 Å². The first-order chi connectivity index (χ1) is 16.0. The van der Waals surface area contributed by atoms with E-state index in [0.29, 0.717) is 16.9 Å². The van der Waals surface area contributed by atoms with Gasteiger partial charge in [-0.1, -0.05) is 24.1 Å². The molecule has 0 aliphatic heterocycles. The number of hydrogen-bond donors (Lipinski definition) is 2. The Morgan fingerprint density at radius 1 is 1.27 bits per heavy atom. The Hall–Kier alpha value is -4.91. The van der Waals surface area contributed by atoms with Crippen molar-refractivity contribution in [3.63, 3.8) is 0 Å². The summed E-state index contributed by atoms with van der Waals surface area (Å²) in [7, 11) is 0. The molecule has 4 aromatic heterocycles. The number of fused-ring (bicyclic) bond motifs is 2. The molecule has 0 fully saturated rings. The molecule has 0 saturated heterocycles. The van der Waals surface area contributed by atoms with Crippen molar-refractivity contribution in [3.05, 3.63) is 82.4 Å². The number of terminal acetylenes is 1. The van der Waals surface area contributed by atoms with Gasteiger partial charge in [-0.2, -0.15) is 4.98 Å². The van der Waals surface area contributed by atoms with E-state index in [-0.39, 0.29) is 28.3 Å². The van der Waals surface area contributed by atoms with E-state index in [1.54, 1.807) is 49.6 Å². The van der Waals surface area contributed by atoms with Crippen molar-refractivity contribution >= 4 is 28.5 Å². The number of nitrogens with zero attached hydrogens (tertiary/aromatic N) is 5. The molecule has 0 spiro atoms. The molecular weight excluding hydrogens is 422 g/mol. The summed E-state index contributed by atoms with van der Waals surface area (Å²) >= 11 is 0. The predicted octanol–water partition coefficient (Wildman–Crippen LogP) is 2.08. The first-order valence-corrected chi connectivity index (χ1v) is 9.95. The summed E-state index contributed by atoms with van der Waals surface area (Å²) in [4.78, 5) is 35.3. The van der Waals surface area contributed by atoms with Gasteiger partial charge in [-0.25, -0.2) is 9.50 Å². The van der Waals surface area contributed by atoms with E-state index < -0.39 is 17.5 Å². The quantitative estimate of drug-likeness (QED) is 0.410. The molecule has 5 rings (SSSR count). The molecule has 0 radical (unpaired) electrons. The standard InChI is InChI=1S/C23H17N7O3/c1-3-14-12-33-22-16(14)23(32)30(15-8-5-4-6-9-15)19(27-22)13(2)26-21(31)17-18(24)28-29-11-7-10-25-20(17)29/h1,4-13H,2H3,(H2,24,28)(H,26,31). The van der Waals surface area contributed by atoms with Crippen LogP contribution in [0, 0.1) is 12.3 Å². The zero-order valence-corrected chi connectivity index (χ0v) is 17.4. The highest BCUT2D eigenvalue weighted by atomic mass is 16.3. The van der Waals surface area contributed by atoms with E-state index in [4.69, 9.17) is 16.6 Å². The van der Waals surface area contributed by atoms with Crippen molar-refractivity contribution in [1.29, 1.82) is 0 Å². The Morgan fingerprint density at radius 3 is 2.82 bits per heavy atom. The molecule has 33 heavy (non-hydrogen) atoms. The number of aromatic nitrogens is 5. The molecule has 10 heteroatoms. The number of anilines is 1. The number of nitrogens with two attached hydrogens (primary N) is 1. The molecule has 1 atom stereocenters. The van der Waals surface area contributed by atoms with E-state index in [0.717, 1.165) is 0 Å². The molecule has 0 bridgehead atoms. The van der Waals surface area contributed by atoms with Gasteiger partial charge in [-0.3, -0.25) is 14.2 Å². The number of nitrogen functional groups attached to an aromatic ring is 1. The molecule has 162 valence electrons. The summed E-state index contributed by atoms with van der Waals surface area (Å²) in [5, 5.41) is 7.15. The number of rotatable bonds is 4. The maximum atomic E-state index is 13.4. The average Bonchev–Trinajstić information content (AvgIpc) is 3.39. The third kappa shape index (κ3) is 3.19. The van der Waals surface area contributed by atoms with Gasteiger partial charge in [0.25, 0.3) is 11.5 Å². The molecule has 1 aromatic carbocycles. The zero-order valence-electron chi connectivity index (χ0n) is 17.4. The third-order valence-corrected chi connectivity index (χ3v) is 5.19. The fourth-order valence-corrected chi connectivity index (χ4v) is 3.68. The normalized spacial score (nSPS) is 12.0. The smallest absolute Gasteiger partial charge is 0.270 e. The van der Waals surface area contributed by atoms with Crippen LogP contribution in [0.2, 0.25) is 0 Å². The van der Waals surface area contributed by atoms with Crippen LogP contribution >= 0.6 is 0 Å². The summed E-state index contributed by atoms with van der Waals surface area (Å²) in [5.74, 6) is 2.23. The van der Waals surface area contributed by atoms with Crippen LogP contribution in [0.25, 0.3) is 22.4 Å². The number of carbonyl (C=O) groups is 1. The first-order valence-electron chi connectivity index (χ1n) is 9.95. The monoisotopic (exact) mass is 439 g/mol. The second-order valence-corrected chi connectivity index (χ2v) is 7.26. The first kappa shape index (κ1) is 20.0. The number of para-hydroxylation sites is 1. The Balaban J connectivity index is 1.63. The van der Waals surface area contributed by atoms with Crippen molar-refractivity contribution in [2.24, 2.45) is 0 Å².